The second-order valence-electron chi connectivity index (χ2n) is 9.23. The van der Waals surface area contributed by atoms with Crippen molar-refractivity contribution in [3.63, 3.8) is 0 Å². The summed E-state index contributed by atoms with van der Waals surface area (Å²) in [5, 5.41) is 6.02. The monoisotopic (exact) mass is 469 g/mol. The summed E-state index contributed by atoms with van der Waals surface area (Å²) in [6.45, 7) is 2.83. The lowest BCUT2D eigenvalue weighted by atomic mass is 9.98. The predicted molar refractivity (Wildman–Crippen MR) is 138 cm³/mol. The first kappa shape index (κ1) is 23.1. The summed E-state index contributed by atoms with van der Waals surface area (Å²) in [4.78, 5) is 28.2. The van der Waals surface area contributed by atoms with E-state index in [1.54, 1.807) is 6.07 Å². The van der Waals surface area contributed by atoms with Gasteiger partial charge in [-0.15, -0.1) is 0 Å². The molecular formula is C29H31N3O3. The van der Waals surface area contributed by atoms with E-state index in [9.17, 15) is 9.59 Å². The van der Waals surface area contributed by atoms with E-state index >= 15 is 0 Å². The molecule has 0 saturated carbocycles. The third-order valence-electron chi connectivity index (χ3n) is 6.72. The molecule has 3 aromatic carbocycles. The topological polar surface area (TPSA) is 70.7 Å². The van der Waals surface area contributed by atoms with Crippen LogP contribution in [-0.4, -0.2) is 37.6 Å². The third kappa shape index (κ3) is 5.72. The van der Waals surface area contributed by atoms with Gasteiger partial charge in [-0.25, -0.2) is 0 Å². The van der Waals surface area contributed by atoms with Gasteiger partial charge in [0.25, 0.3) is 5.91 Å². The minimum Gasteiger partial charge on any atom is -0.376 e. The third-order valence-corrected chi connectivity index (χ3v) is 6.72. The Balaban J connectivity index is 1.36. The standard InChI is InChI=1S/C29H31N3O3/c33-28(17-21-7-2-1-3-8-21)31-24-12-13-27(32-15-14-22-9-4-5-10-23(22)20-32)26(18-24)29(34)30-19-25-11-6-16-35-25/h1-5,7-10,12-13,18,25H,6,11,14-17,19-20H2,(H,30,34)(H,31,33). The smallest absolute Gasteiger partial charge is 0.253 e. The first-order chi connectivity index (χ1) is 17.2. The summed E-state index contributed by atoms with van der Waals surface area (Å²) in [5.74, 6) is -0.255. The number of ether oxygens (including phenoxy) is 1. The van der Waals surface area contributed by atoms with E-state index in [1.807, 2.05) is 42.5 Å². The van der Waals surface area contributed by atoms with Gasteiger partial charge in [0, 0.05) is 37.6 Å². The molecule has 180 valence electrons. The molecule has 1 saturated heterocycles. The van der Waals surface area contributed by atoms with Gasteiger partial charge in [-0.05, 0) is 54.2 Å². The Morgan fingerprint density at radius 3 is 2.57 bits per heavy atom. The summed E-state index contributed by atoms with van der Waals surface area (Å²) in [7, 11) is 0. The molecule has 2 aliphatic heterocycles. The van der Waals surface area contributed by atoms with Crippen LogP contribution in [0.2, 0.25) is 0 Å². The molecule has 3 aromatic rings. The number of amides is 2. The molecule has 2 N–H and O–H groups in total. The number of benzene rings is 3. The van der Waals surface area contributed by atoms with Crippen molar-refractivity contribution in [1.29, 1.82) is 0 Å². The molecule has 6 heteroatoms. The highest BCUT2D eigenvalue weighted by molar-refractivity contribution is 6.02. The Kier molecular flexibility index (Phi) is 7.09. The second kappa shape index (κ2) is 10.7. The van der Waals surface area contributed by atoms with Crippen LogP contribution in [0.5, 0.6) is 0 Å². The predicted octanol–water partition coefficient (Wildman–Crippen LogP) is 4.34. The Hall–Kier alpha value is -3.64. The average Bonchev–Trinajstić information content (AvgIpc) is 3.41. The fraction of sp³-hybridized carbons (Fsp3) is 0.310. The van der Waals surface area contributed by atoms with Gasteiger partial charge in [0.05, 0.1) is 18.1 Å². The van der Waals surface area contributed by atoms with Crippen LogP contribution in [-0.2, 0) is 28.9 Å². The zero-order chi connectivity index (χ0) is 24.0. The molecule has 0 aromatic heterocycles. The fourth-order valence-corrected chi connectivity index (χ4v) is 4.87. The van der Waals surface area contributed by atoms with Gasteiger partial charge in [-0.3, -0.25) is 9.59 Å². The van der Waals surface area contributed by atoms with Gasteiger partial charge in [0.15, 0.2) is 0 Å². The lowest BCUT2D eigenvalue weighted by molar-refractivity contribution is -0.115. The largest absolute Gasteiger partial charge is 0.376 e. The van der Waals surface area contributed by atoms with E-state index < -0.39 is 0 Å². The maximum atomic E-state index is 13.3. The van der Waals surface area contributed by atoms with E-state index in [-0.39, 0.29) is 24.3 Å². The molecule has 5 rings (SSSR count). The number of hydrogen-bond acceptors (Lipinski definition) is 4. The molecule has 2 amide bonds. The maximum Gasteiger partial charge on any atom is 0.253 e. The van der Waals surface area contributed by atoms with Crippen molar-refractivity contribution in [3.05, 3.63) is 95.1 Å². The minimum absolute atomic E-state index is 0.0676. The highest BCUT2D eigenvalue weighted by Crippen LogP contribution is 2.30. The number of rotatable bonds is 7. The molecular weight excluding hydrogens is 438 g/mol. The number of nitrogens with zero attached hydrogens (tertiary/aromatic N) is 1. The number of anilines is 2. The quantitative estimate of drug-likeness (QED) is 0.540. The van der Waals surface area contributed by atoms with Crippen molar-refractivity contribution in [1.82, 2.24) is 5.32 Å². The van der Waals surface area contributed by atoms with Gasteiger partial charge in [-0.2, -0.15) is 0 Å². The van der Waals surface area contributed by atoms with Gasteiger partial charge >= 0.3 is 0 Å². The van der Waals surface area contributed by atoms with E-state index in [1.165, 1.54) is 11.1 Å². The summed E-state index contributed by atoms with van der Waals surface area (Å²) >= 11 is 0. The van der Waals surface area contributed by atoms with Crippen molar-refractivity contribution in [3.8, 4) is 0 Å². The van der Waals surface area contributed by atoms with E-state index in [4.69, 9.17) is 4.74 Å². The van der Waals surface area contributed by atoms with Crippen LogP contribution in [0, 0.1) is 0 Å². The highest BCUT2D eigenvalue weighted by Gasteiger charge is 2.23. The summed E-state index contributed by atoms with van der Waals surface area (Å²) in [6, 6.07) is 23.7. The van der Waals surface area contributed by atoms with E-state index in [0.717, 1.165) is 50.2 Å². The number of fused-ring (bicyclic) bond motifs is 1. The van der Waals surface area contributed by atoms with Crippen LogP contribution in [0.4, 0.5) is 11.4 Å². The number of carbonyl (C=O) groups excluding carboxylic acids is 2. The normalized spacial score (nSPS) is 17.0. The van der Waals surface area contributed by atoms with Gasteiger partial charge in [0.2, 0.25) is 5.91 Å². The fourth-order valence-electron chi connectivity index (χ4n) is 4.87. The maximum absolute atomic E-state index is 13.3. The van der Waals surface area contributed by atoms with Crippen molar-refractivity contribution in [2.24, 2.45) is 0 Å². The molecule has 35 heavy (non-hydrogen) atoms. The Morgan fingerprint density at radius 2 is 1.77 bits per heavy atom. The lowest BCUT2D eigenvalue weighted by Crippen LogP contribution is -2.35. The minimum atomic E-state index is -0.145. The van der Waals surface area contributed by atoms with Crippen LogP contribution < -0.4 is 15.5 Å². The Morgan fingerprint density at radius 1 is 0.971 bits per heavy atom. The highest BCUT2D eigenvalue weighted by atomic mass is 16.5. The summed E-state index contributed by atoms with van der Waals surface area (Å²) in [5.41, 5.74) is 5.66. The summed E-state index contributed by atoms with van der Waals surface area (Å²) < 4.78 is 5.68. The van der Waals surface area contributed by atoms with Crippen molar-refractivity contribution < 1.29 is 14.3 Å². The summed E-state index contributed by atoms with van der Waals surface area (Å²) in [6.07, 6.45) is 3.28. The molecule has 0 bridgehead atoms. The molecule has 6 nitrogen and oxygen atoms in total. The van der Waals surface area contributed by atoms with E-state index in [2.05, 4.69) is 39.8 Å². The van der Waals surface area contributed by atoms with Gasteiger partial charge in [0.1, 0.15) is 0 Å². The van der Waals surface area contributed by atoms with Crippen molar-refractivity contribution in [2.45, 2.75) is 38.3 Å². The zero-order valence-corrected chi connectivity index (χ0v) is 19.8. The van der Waals surface area contributed by atoms with Crippen molar-refractivity contribution in [2.75, 3.05) is 29.9 Å². The molecule has 2 heterocycles. The Bertz CT molecular complexity index is 1190. The number of carbonyl (C=O) groups is 2. The molecule has 1 atom stereocenters. The molecule has 1 fully saturated rings. The molecule has 2 aliphatic rings. The van der Waals surface area contributed by atoms with Crippen LogP contribution in [0.1, 0.15) is 39.9 Å². The van der Waals surface area contributed by atoms with E-state index in [0.29, 0.717) is 17.8 Å². The molecule has 1 unspecified atom stereocenters. The zero-order valence-electron chi connectivity index (χ0n) is 19.8. The first-order valence-corrected chi connectivity index (χ1v) is 12.3. The van der Waals surface area contributed by atoms with Gasteiger partial charge < -0.3 is 20.3 Å². The van der Waals surface area contributed by atoms with Crippen LogP contribution >= 0.6 is 0 Å². The molecule has 0 radical (unpaired) electrons. The second-order valence-corrected chi connectivity index (χ2v) is 9.23. The Labute approximate surface area is 206 Å². The number of hydrogen-bond donors (Lipinski definition) is 2. The molecule has 0 spiro atoms. The number of nitrogens with one attached hydrogen (secondary N) is 2. The SMILES string of the molecule is O=C(Cc1ccccc1)Nc1ccc(N2CCc3ccccc3C2)c(C(=O)NCC2CCCO2)c1. The first-order valence-electron chi connectivity index (χ1n) is 12.3. The average molecular weight is 470 g/mol. The van der Waals surface area contributed by atoms with Crippen LogP contribution in [0.15, 0.2) is 72.8 Å². The van der Waals surface area contributed by atoms with Crippen LogP contribution in [0.3, 0.4) is 0 Å². The van der Waals surface area contributed by atoms with Crippen LogP contribution in [0.25, 0.3) is 0 Å². The lowest BCUT2D eigenvalue weighted by Gasteiger charge is -2.32. The van der Waals surface area contributed by atoms with Gasteiger partial charge in [-0.1, -0.05) is 54.6 Å². The molecule has 0 aliphatic carbocycles. The van der Waals surface area contributed by atoms with Crippen molar-refractivity contribution >= 4 is 23.2 Å².